The van der Waals surface area contributed by atoms with E-state index in [0.29, 0.717) is 18.8 Å². The van der Waals surface area contributed by atoms with Crippen LogP contribution in [0.1, 0.15) is 28.8 Å². The summed E-state index contributed by atoms with van der Waals surface area (Å²) in [7, 11) is -2.93. The lowest BCUT2D eigenvalue weighted by Gasteiger charge is -2.32. The van der Waals surface area contributed by atoms with Crippen molar-refractivity contribution in [3.63, 3.8) is 0 Å². The van der Waals surface area contributed by atoms with Gasteiger partial charge in [-0.25, -0.2) is 14.3 Å². The number of hydrogen-bond acceptors (Lipinski definition) is 6. The molecule has 3 N–H and O–H groups in total. The van der Waals surface area contributed by atoms with Crippen molar-refractivity contribution < 1.29 is 17.6 Å². The number of carbonyl (C=O) groups excluding carboxylic acids is 1. The minimum absolute atomic E-state index is 0.0464. The molecule has 8 heteroatoms. The molecule has 0 spiro atoms. The van der Waals surface area contributed by atoms with E-state index in [4.69, 9.17) is 10.3 Å². The minimum Gasteiger partial charge on any atom is -0.456 e. The molecule has 1 unspecified atom stereocenters. The van der Waals surface area contributed by atoms with Gasteiger partial charge in [0.15, 0.2) is 15.6 Å². The lowest BCUT2D eigenvalue weighted by atomic mass is 10.2. The summed E-state index contributed by atoms with van der Waals surface area (Å²) in [6.07, 6.45) is 0. The first-order chi connectivity index (χ1) is 9.32. The van der Waals surface area contributed by atoms with Crippen molar-refractivity contribution in [3.05, 3.63) is 23.2 Å². The van der Waals surface area contributed by atoms with E-state index in [1.54, 1.807) is 13.0 Å². The summed E-state index contributed by atoms with van der Waals surface area (Å²) in [6.45, 7) is 4.71. The molecule has 2 rings (SSSR count). The largest absolute Gasteiger partial charge is 0.456 e. The van der Waals surface area contributed by atoms with Crippen LogP contribution in [0.15, 0.2) is 10.5 Å². The van der Waals surface area contributed by atoms with E-state index in [-0.39, 0.29) is 23.3 Å². The molecule has 1 saturated heterocycles. The zero-order chi connectivity index (χ0) is 14.9. The second-order valence-electron chi connectivity index (χ2n) is 5.10. The summed E-state index contributed by atoms with van der Waals surface area (Å²) in [5.74, 6) is 5.73. The molecule has 1 aromatic rings. The molecule has 1 fully saturated rings. The molecule has 1 aliphatic rings. The van der Waals surface area contributed by atoms with Crippen molar-refractivity contribution in [3.8, 4) is 0 Å². The van der Waals surface area contributed by atoms with Crippen LogP contribution in [0.5, 0.6) is 0 Å². The number of sulfone groups is 1. The van der Waals surface area contributed by atoms with Gasteiger partial charge < -0.3 is 4.42 Å². The summed E-state index contributed by atoms with van der Waals surface area (Å²) in [6, 6.07) is 1.60. The molecule has 1 amide bonds. The zero-order valence-electron chi connectivity index (χ0n) is 11.5. The minimum atomic E-state index is -2.93. The summed E-state index contributed by atoms with van der Waals surface area (Å²) in [5, 5.41) is 0. The van der Waals surface area contributed by atoms with Gasteiger partial charge in [0.1, 0.15) is 5.76 Å². The van der Waals surface area contributed by atoms with Gasteiger partial charge in [-0.15, -0.1) is 0 Å². The van der Waals surface area contributed by atoms with Gasteiger partial charge in [-0.2, -0.15) is 0 Å². The van der Waals surface area contributed by atoms with Crippen molar-refractivity contribution in [1.29, 1.82) is 0 Å². The molecule has 0 aromatic carbocycles. The van der Waals surface area contributed by atoms with Gasteiger partial charge in [0.2, 0.25) is 0 Å². The fourth-order valence-corrected chi connectivity index (χ4v) is 3.97. The third-order valence-electron chi connectivity index (χ3n) is 3.56. The predicted octanol–water partition coefficient (Wildman–Crippen LogP) is -0.190. The molecule has 1 atom stereocenters. The molecule has 0 radical (unpaired) electrons. The second-order valence-corrected chi connectivity index (χ2v) is 7.33. The normalized spacial score (nSPS) is 22.6. The molecule has 0 saturated carbocycles. The molecule has 1 aromatic heterocycles. The zero-order valence-corrected chi connectivity index (χ0v) is 12.4. The Balaban J connectivity index is 2.11. The van der Waals surface area contributed by atoms with Gasteiger partial charge in [0.05, 0.1) is 11.5 Å². The molecular weight excluding hydrogens is 282 g/mol. The smallest absolute Gasteiger partial charge is 0.300 e. The average molecular weight is 301 g/mol. The number of nitrogens with zero attached hydrogens (tertiary/aromatic N) is 1. The van der Waals surface area contributed by atoms with Crippen molar-refractivity contribution >= 4 is 15.7 Å². The van der Waals surface area contributed by atoms with Crippen molar-refractivity contribution in [2.75, 3.05) is 18.1 Å². The molecule has 1 aliphatic heterocycles. The highest BCUT2D eigenvalue weighted by Gasteiger charge is 2.29. The maximum Gasteiger partial charge on any atom is 0.300 e. The van der Waals surface area contributed by atoms with Gasteiger partial charge in [-0.05, 0) is 19.9 Å². The SMILES string of the molecule is Cc1oc(C(=O)NN)cc1CN1CCS(=O)(=O)CC1C. The van der Waals surface area contributed by atoms with E-state index in [0.717, 1.165) is 5.56 Å². The van der Waals surface area contributed by atoms with Crippen LogP contribution in [0.25, 0.3) is 0 Å². The van der Waals surface area contributed by atoms with E-state index in [1.807, 2.05) is 12.3 Å². The van der Waals surface area contributed by atoms with Crippen LogP contribution in [0.3, 0.4) is 0 Å². The number of furan rings is 1. The quantitative estimate of drug-likeness (QED) is 0.455. The van der Waals surface area contributed by atoms with Crippen LogP contribution >= 0.6 is 0 Å². The molecule has 112 valence electrons. The van der Waals surface area contributed by atoms with E-state index >= 15 is 0 Å². The first kappa shape index (κ1) is 15.0. The van der Waals surface area contributed by atoms with Crippen LogP contribution in [-0.4, -0.2) is 43.3 Å². The Kier molecular flexibility index (Phi) is 4.17. The van der Waals surface area contributed by atoms with Crippen LogP contribution in [0, 0.1) is 6.92 Å². The van der Waals surface area contributed by atoms with Crippen molar-refractivity contribution in [2.45, 2.75) is 26.4 Å². The first-order valence-corrected chi connectivity index (χ1v) is 8.19. The number of nitrogens with two attached hydrogens (primary N) is 1. The Bertz CT molecular complexity index is 608. The summed E-state index contributed by atoms with van der Waals surface area (Å²) < 4.78 is 28.4. The third-order valence-corrected chi connectivity index (χ3v) is 5.35. The summed E-state index contributed by atoms with van der Waals surface area (Å²) in [4.78, 5) is 13.5. The third kappa shape index (κ3) is 3.20. The number of hydrazine groups is 1. The molecule has 7 nitrogen and oxygen atoms in total. The second kappa shape index (κ2) is 5.55. The Morgan fingerprint density at radius 3 is 2.90 bits per heavy atom. The highest BCUT2D eigenvalue weighted by atomic mass is 32.2. The number of aryl methyl sites for hydroxylation is 1. The molecule has 2 heterocycles. The number of hydrogen-bond donors (Lipinski definition) is 2. The van der Waals surface area contributed by atoms with Gasteiger partial charge in [0, 0.05) is 24.7 Å². The van der Waals surface area contributed by atoms with Gasteiger partial charge >= 0.3 is 5.91 Å². The maximum absolute atomic E-state index is 11.5. The summed E-state index contributed by atoms with van der Waals surface area (Å²) >= 11 is 0. The number of amides is 1. The maximum atomic E-state index is 11.5. The fourth-order valence-electron chi connectivity index (χ4n) is 2.35. The predicted molar refractivity (Wildman–Crippen MR) is 73.6 cm³/mol. The van der Waals surface area contributed by atoms with Crippen LogP contribution in [0.4, 0.5) is 0 Å². The van der Waals surface area contributed by atoms with E-state index in [9.17, 15) is 13.2 Å². The van der Waals surface area contributed by atoms with Crippen molar-refractivity contribution in [1.82, 2.24) is 10.3 Å². The Morgan fingerprint density at radius 1 is 1.60 bits per heavy atom. The molecule has 0 aliphatic carbocycles. The summed E-state index contributed by atoms with van der Waals surface area (Å²) in [5.41, 5.74) is 2.89. The van der Waals surface area contributed by atoms with Gasteiger partial charge in [-0.3, -0.25) is 15.1 Å². The topological polar surface area (TPSA) is 106 Å². The van der Waals surface area contributed by atoms with E-state index in [1.165, 1.54) is 0 Å². The standard InChI is InChI=1S/C12H19N3O4S/c1-8-7-20(17,18)4-3-15(8)6-10-5-11(12(16)14-13)19-9(10)2/h5,8H,3-4,6-7,13H2,1-2H3,(H,14,16). The Morgan fingerprint density at radius 2 is 2.30 bits per heavy atom. The highest BCUT2D eigenvalue weighted by Crippen LogP contribution is 2.20. The Hall–Kier alpha value is -1.38. The number of nitrogen functional groups attached to an aromatic ring is 1. The van der Waals surface area contributed by atoms with Gasteiger partial charge in [0.25, 0.3) is 0 Å². The van der Waals surface area contributed by atoms with E-state index in [2.05, 4.69) is 4.90 Å². The molecule has 20 heavy (non-hydrogen) atoms. The Labute approximate surface area is 118 Å². The van der Waals surface area contributed by atoms with Crippen LogP contribution in [0.2, 0.25) is 0 Å². The average Bonchev–Trinajstić information content (AvgIpc) is 2.73. The highest BCUT2D eigenvalue weighted by molar-refractivity contribution is 7.91. The van der Waals surface area contributed by atoms with Crippen LogP contribution < -0.4 is 11.3 Å². The molecular formula is C12H19N3O4S. The fraction of sp³-hybridized carbons (Fsp3) is 0.583. The number of rotatable bonds is 3. The van der Waals surface area contributed by atoms with Crippen molar-refractivity contribution in [2.24, 2.45) is 5.84 Å². The lowest BCUT2D eigenvalue weighted by molar-refractivity contribution is 0.0924. The van der Waals surface area contributed by atoms with E-state index < -0.39 is 15.7 Å². The van der Waals surface area contributed by atoms with Crippen LogP contribution in [-0.2, 0) is 16.4 Å². The molecule has 0 bridgehead atoms. The monoisotopic (exact) mass is 301 g/mol. The first-order valence-electron chi connectivity index (χ1n) is 6.37. The van der Waals surface area contributed by atoms with Gasteiger partial charge in [-0.1, -0.05) is 0 Å². The number of carbonyl (C=O) groups is 1. The lowest BCUT2D eigenvalue weighted by Crippen LogP contribution is -2.46. The number of nitrogens with one attached hydrogen (secondary N) is 1.